The highest BCUT2D eigenvalue weighted by Gasteiger charge is 2.41. The molecule has 0 aromatic heterocycles. The summed E-state index contributed by atoms with van der Waals surface area (Å²) in [7, 11) is 0. The minimum absolute atomic E-state index is 0.0228. The Labute approximate surface area is 115 Å². The molecule has 2 aliphatic rings. The lowest BCUT2D eigenvalue weighted by Gasteiger charge is -2.32. The van der Waals surface area contributed by atoms with Gasteiger partial charge < -0.3 is 0 Å². The van der Waals surface area contributed by atoms with Crippen LogP contribution in [-0.2, 0) is 14.4 Å². The van der Waals surface area contributed by atoms with Crippen molar-refractivity contribution in [1.82, 2.24) is 0 Å². The van der Waals surface area contributed by atoms with E-state index in [1.165, 1.54) is 6.42 Å². The summed E-state index contributed by atoms with van der Waals surface area (Å²) in [6, 6.07) is 0. The lowest BCUT2D eigenvalue weighted by Crippen LogP contribution is -2.39. The summed E-state index contributed by atoms with van der Waals surface area (Å²) in [6.45, 7) is 3.89. The predicted molar refractivity (Wildman–Crippen MR) is 72.7 cm³/mol. The van der Waals surface area contributed by atoms with Crippen LogP contribution in [0.5, 0.6) is 0 Å². The van der Waals surface area contributed by atoms with Crippen LogP contribution in [0, 0.1) is 17.3 Å². The van der Waals surface area contributed by atoms with E-state index in [2.05, 4.69) is 0 Å². The fourth-order valence-corrected chi connectivity index (χ4v) is 3.45. The highest BCUT2D eigenvalue weighted by Crippen LogP contribution is 2.36. The third kappa shape index (κ3) is 3.52. The van der Waals surface area contributed by atoms with E-state index in [-0.39, 0.29) is 35.1 Å². The lowest BCUT2D eigenvalue weighted by molar-refractivity contribution is -0.143. The maximum absolute atomic E-state index is 12.2. The normalized spacial score (nSPS) is 25.6. The Morgan fingerprint density at radius 1 is 1.05 bits per heavy atom. The Balaban J connectivity index is 1.96. The van der Waals surface area contributed by atoms with Gasteiger partial charge in [-0.2, -0.15) is 0 Å². The van der Waals surface area contributed by atoms with Crippen LogP contribution in [0.3, 0.4) is 0 Å². The van der Waals surface area contributed by atoms with E-state index in [0.717, 1.165) is 25.7 Å². The molecule has 2 fully saturated rings. The minimum Gasteiger partial charge on any atom is -0.299 e. The molecule has 2 saturated carbocycles. The van der Waals surface area contributed by atoms with Crippen molar-refractivity contribution < 1.29 is 14.4 Å². The Bertz CT molecular complexity index is 369. The number of ketones is 3. The molecule has 0 aromatic rings. The first-order valence-electron chi connectivity index (χ1n) is 7.47. The summed E-state index contributed by atoms with van der Waals surface area (Å²) in [5, 5.41) is 0. The fourth-order valence-electron chi connectivity index (χ4n) is 3.45. The smallest absolute Gasteiger partial charge is 0.144 e. The fraction of sp³-hybridized carbons (Fsp3) is 0.812. The molecule has 0 bridgehead atoms. The summed E-state index contributed by atoms with van der Waals surface area (Å²) in [5.74, 6) is -0.436. The van der Waals surface area contributed by atoms with Crippen molar-refractivity contribution in [3.05, 3.63) is 0 Å². The second-order valence-electron chi connectivity index (χ2n) is 7.01. The second-order valence-corrected chi connectivity index (χ2v) is 7.01. The van der Waals surface area contributed by atoms with Gasteiger partial charge in [-0.15, -0.1) is 0 Å². The van der Waals surface area contributed by atoms with Gasteiger partial charge in [-0.1, -0.05) is 33.1 Å². The zero-order chi connectivity index (χ0) is 14.0. The van der Waals surface area contributed by atoms with Gasteiger partial charge in [0.2, 0.25) is 0 Å². The SMILES string of the molecule is CC1(C)CC(=O)C(CC(=O)C2CCCCC2)C(=O)C1. The average Bonchev–Trinajstić information content (AvgIpc) is 2.33. The van der Waals surface area contributed by atoms with Gasteiger partial charge in [-0.25, -0.2) is 0 Å². The number of hydrogen-bond donors (Lipinski definition) is 0. The number of carbonyl (C=O) groups is 3. The van der Waals surface area contributed by atoms with Gasteiger partial charge in [0.1, 0.15) is 17.3 Å². The molecule has 2 aliphatic carbocycles. The molecule has 0 saturated heterocycles. The van der Waals surface area contributed by atoms with Gasteiger partial charge in [-0.3, -0.25) is 14.4 Å². The minimum atomic E-state index is -0.637. The van der Waals surface area contributed by atoms with Crippen LogP contribution in [0.15, 0.2) is 0 Å². The van der Waals surface area contributed by atoms with Crippen LogP contribution < -0.4 is 0 Å². The molecule has 19 heavy (non-hydrogen) atoms. The first kappa shape index (κ1) is 14.4. The van der Waals surface area contributed by atoms with E-state index in [1.54, 1.807) is 0 Å². The van der Waals surface area contributed by atoms with Gasteiger partial charge in [0.25, 0.3) is 0 Å². The number of hydrogen-bond acceptors (Lipinski definition) is 3. The third-order valence-corrected chi connectivity index (χ3v) is 4.55. The van der Waals surface area contributed by atoms with Crippen molar-refractivity contribution in [3.63, 3.8) is 0 Å². The van der Waals surface area contributed by atoms with Crippen molar-refractivity contribution in [3.8, 4) is 0 Å². The third-order valence-electron chi connectivity index (χ3n) is 4.55. The van der Waals surface area contributed by atoms with Crippen LogP contribution in [-0.4, -0.2) is 17.3 Å². The van der Waals surface area contributed by atoms with E-state index < -0.39 is 5.92 Å². The maximum atomic E-state index is 12.2. The van der Waals surface area contributed by atoms with E-state index in [0.29, 0.717) is 12.8 Å². The van der Waals surface area contributed by atoms with Gasteiger partial charge in [0.15, 0.2) is 0 Å². The molecule has 0 unspecified atom stereocenters. The number of Topliss-reactive ketones (excluding diaryl/α,β-unsaturated/α-hetero) is 3. The van der Waals surface area contributed by atoms with E-state index in [1.807, 2.05) is 13.8 Å². The molecule has 0 radical (unpaired) electrons. The monoisotopic (exact) mass is 264 g/mol. The molecule has 0 aromatic carbocycles. The number of carbonyl (C=O) groups excluding carboxylic acids is 3. The summed E-state index contributed by atoms with van der Waals surface area (Å²) >= 11 is 0. The quantitative estimate of drug-likeness (QED) is 0.736. The molecular formula is C16H24O3. The van der Waals surface area contributed by atoms with Crippen LogP contribution in [0.4, 0.5) is 0 Å². The van der Waals surface area contributed by atoms with Gasteiger partial charge in [0.05, 0.1) is 5.92 Å². The molecule has 0 heterocycles. The predicted octanol–water partition coefficient (Wildman–Crippen LogP) is 3.10. The Morgan fingerprint density at radius 2 is 1.58 bits per heavy atom. The lowest BCUT2D eigenvalue weighted by atomic mass is 9.69. The van der Waals surface area contributed by atoms with Gasteiger partial charge in [0, 0.05) is 25.2 Å². The van der Waals surface area contributed by atoms with Gasteiger partial charge >= 0.3 is 0 Å². The highest BCUT2D eigenvalue weighted by molar-refractivity contribution is 6.07. The summed E-state index contributed by atoms with van der Waals surface area (Å²) < 4.78 is 0. The molecule has 0 amide bonds. The molecule has 2 rings (SSSR count). The Morgan fingerprint density at radius 3 is 2.11 bits per heavy atom. The molecule has 3 nitrogen and oxygen atoms in total. The Kier molecular flexibility index (Phi) is 4.22. The van der Waals surface area contributed by atoms with Crippen molar-refractivity contribution in [1.29, 1.82) is 0 Å². The van der Waals surface area contributed by atoms with Crippen LogP contribution in [0.25, 0.3) is 0 Å². The molecular weight excluding hydrogens is 240 g/mol. The summed E-state index contributed by atoms with van der Waals surface area (Å²) in [6.07, 6.45) is 6.34. The summed E-state index contributed by atoms with van der Waals surface area (Å²) in [5.41, 5.74) is -0.224. The largest absolute Gasteiger partial charge is 0.299 e. The molecule has 0 aliphatic heterocycles. The van der Waals surface area contributed by atoms with Crippen molar-refractivity contribution in [2.75, 3.05) is 0 Å². The van der Waals surface area contributed by atoms with E-state index >= 15 is 0 Å². The second kappa shape index (κ2) is 5.56. The van der Waals surface area contributed by atoms with Crippen LogP contribution in [0.1, 0.15) is 65.2 Å². The zero-order valence-electron chi connectivity index (χ0n) is 12.0. The molecule has 106 valence electrons. The number of rotatable bonds is 3. The van der Waals surface area contributed by atoms with Crippen molar-refractivity contribution in [2.24, 2.45) is 17.3 Å². The molecule has 0 atom stereocenters. The topological polar surface area (TPSA) is 51.2 Å². The first-order valence-corrected chi connectivity index (χ1v) is 7.47. The van der Waals surface area contributed by atoms with Crippen molar-refractivity contribution in [2.45, 2.75) is 65.2 Å². The standard InChI is InChI=1S/C16H24O3/c1-16(2)9-14(18)12(15(19)10-16)8-13(17)11-6-4-3-5-7-11/h11-12H,3-10H2,1-2H3. The van der Waals surface area contributed by atoms with Crippen molar-refractivity contribution >= 4 is 17.3 Å². The molecule has 0 N–H and O–H groups in total. The van der Waals surface area contributed by atoms with Gasteiger partial charge in [-0.05, 0) is 18.3 Å². The highest BCUT2D eigenvalue weighted by atomic mass is 16.2. The van der Waals surface area contributed by atoms with Crippen LogP contribution in [0.2, 0.25) is 0 Å². The summed E-state index contributed by atoms with van der Waals surface area (Å²) in [4.78, 5) is 36.3. The maximum Gasteiger partial charge on any atom is 0.144 e. The zero-order valence-corrected chi connectivity index (χ0v) is 12.0. The van der Waals surface area contributed by atoms with E-state index in [4.69, 9.17) is 0 Å². The van der Waals surface area contributed by atoms with Crippen LogP contribution >= 0.6 is 0 Å². The first-order chi connectivity index (χ1) is 8.89. The molecule has 0 spiro atoms. The average molecular weight is 264 g/mol. The van der Waals surface area contributed by atoms with E-state index in [9.17, 15) is 14.4 Å². The Hall–Kier alpha value is -0.990. The molecule has 3 heteroatoms.